The van der Waals surface area contributed by atoms with Gasteiger partial charge in [-0.15, -0.1) is 0 Å². The van der Waals surface area contributed by atoms with E-state index in [1.54, 1.807) is 6.07 Å². The van der Waals surface area contributed by atoms with E-state index in [4.69, 9.17) is 4.74 Å². The van der Waals surface area contributed by atoms with Crippen LogP contribution >= 0.6 is 0 Å². The molecule has 1 aliphatic rings. The first kappa shape index (κ1) is 11.9. The molecule has 0 amide bonds. The third-order valence-electron chi connectivity index (χ3n) is 3.14. The van der Waals surface area contributed by atoms with Crippen LogP contribution < -0.4 is 4.90 Å². The molecule has 1 fully saturated rings. The van der Waals surface area contributed by atoms with Crippen molar-refractivity contribution in [3.8, 4) is 0 Å². The maximum Gasteiger partial charge on any atom is 0.337 e. The van der Waals surface area contributed by atoms with Gasteiger partial charge in [0.25, 0.3) is 0 Å². The van der Waals surface area contributed by atoms with Gasteiger partial charge in [0.15, 0.2) is 0 Å². The predicted molar refractivity (Wildman–Crippen MR) is 67.5 cm³/mol. The van der Waals surface area contributed by atoms with Crippen LogP contribution in [0, 0.1) is 0 Å². The number of anilines is 1. The van der Waals surface area contributed by atoms with Crippen LogP contribution in [0.5, 0.6) is 0 Å². The second kappa shape index (κ2) is 5.19. The van der Waals surface area contributed by atoms with Gasteiger partial charge in [0.2, 0.25) is 0 Å². The summed E-state index contributed by atoms with van der Waals surface area (Å²) in [7, 11) is 3.53. The number of ether oxygens (including phenoxy) is 1. The molecular formula is C13H18N2O2. The van der Waals surface area contributed by atoms with Gasteiger partial charge in [-0.25, -0.2) is 4.79 Å². The van der Waals surface area contributed by atoms with E-state index in [1.165, 1.54) is 7.11 Å². The zero-order valence-electron chi connectivity index (χ0n) is 10.3. The lowest BCUT2D eigenvalue weighted by Crippen LogP contribution is -2.44. The molecule has 17 heavy (non-hydrogen) atoms. The Morgan fingerprint density at radius 3 is 2.59 bits per heavy atom. The molecule has 0 N–H and O–H groups in total. The second-order valence-electron chi connectivity index (χ2n) is 4.33. The van der Waals surface area contributed by atoms with E-state index in [2.05, 4.69) is 16.8 Å². The van der Waals surface area contributed by atoms with E-state index in [0.717, 1.165) is 31.9 Å². The number of carbonyl (C=O) groups is 1. The van der Waals surface area contributed by atoms with Crippen molar-refractivity contribution in [2.45, 2.75) is 0 Å². The van der Waals surface area contributed by atoms with Gasteiger partial charge < -0.3 is 14.5 Å². The molecule has 1 aromatic rings. The largest absolute Gasteiger partial charge is 0.465 e. The third-order valence-corrected chi connectivity index (χ3v) is 3.14. The highest BCUT2D eigenvalue weighted by molar-refractivity contribution is 5.90. The average molecular weight is 234 g/mol. The molecule has 0 unspecified atom stereocenters. The number of benzene rings is 1. The predicted octanol–water partition coefficient (Wildman–Crippen LogP) is 1.22. The van der Waals surface area contributed by atoms with Crippen molar-refractivity contribution in [1.29, 1.82) is 0 Å². The smallest absolute Gasteiger partial charge is 0.337 e. The van der Waals surface area contributed by atoms with Gasteiger partial charge in [-0.1, -0.05) is 6.07 Å². The summed E-state index contributed by atoms with van der Waals surface area (Å²) in [6.07, 6.45) is 0. The van der Waals surface area contributed by atoms with Gasteiger partial charge in [-0.05, 0) is 25.2 Å². The normalized spacial score (nSPS) is 16.9. The summed E-state index contributed by atoms with van der Waals surface area (Å²) in [4.78, 5) is 16.1. The number of rotatable bonds is 2. The van der Waals surface area contributed by atoms with Crippen molar-refractivity contribution in [1.82, 2.24) is 4.90 Å². The summed E-state index contributed by atoms with van der Waals surface area (Å²) in [5, 5.41) is 0. The Hall–Kier alpha value is -1.55. The molecule has 4 nitrogen and oxygen atoms in total. The highest BCUT2D eigenvalue weighted by Gasteiger charge is 2.15. The molecule has 0 radical (unpaired) electrons. The molecule has 4 heteroatoms. The van der Waals surface area contributed by atoms with Crippen LogP contribution in [-0.2, 0) is 4.74 Å². The monoisotopic (exact) mass is 234 g/mol. The van der Waals surface area contributed by atoms with Crippen LogP contribution in [0.15, 0.2) is 24.3 Å². The van der Waals surface area contributed by atoms with Crippen molar-refractivity contribution in [2.75, 3.05) is 45.2 Å². The molecule has 0 spiro atoms. The summed E-state index contributed by atoms with van der Waals surface area (Å²) < 4.78 is 4.73. The minimum absolute atomic E-state index is 0.277. The number of esters is 1. The molecule has 0 aromatic heterocycles. The first-order valence-electron chi connectivity index (χ1n) is 5.82. The maximum absolute atomic E-state index is 11.5. The van der Waals surface area contributed by atoms with Gasteiger partial charge in [-0.2, -0.15) is 0 Å². The third kappa shape index (κ3) is 2.77. The minimum Gasteiger partial charge on any atom is -0.465 e. The Balaban J connectivity index is 2.13. The highest BCUT2D eigenvalue weighted by atomic mass is 16.5. The van der Waals surface area contributed by atoms with Crippen LogP contribution in [0.25, 0.3) is 0 Å². The Morgan fingerprint density at radius 2 is 1.94 bits per heavy atom. The van der Waals surface area contributed by atoms with Crippen LogP contribution in [0.1, 0.15) is 10.4 Å². The molecule has 0 saturated carbocycles. The minimum atomic E-state index is -0.277. The first-order valence-corrected chi connectivity index (χ1v) is 5.82. The average Bonchev–Trinajstić information content (AvgIpc) is 2.39. The molecular weight excluding hydrogens is 216 g/mol. The number of carbonyl (C=O) groups excluding carboxylic acids is 1. The second-order valence-corrected chi connectivity index (χ2v) is 4.33. The topological polar surface area (TPSA) is 32.8 Å². The van der Waals surface area contributed by atoms with E-state index in [0.29, 0.717) is 5.56 Å². The van der Waals surface area contributed by atoms with Crippen molar-refractivity contribution >= 4 is 11.7 Å². The van der Waals surface area contributed by atoms with E-state index in [9.17, 15) is 4.79 Å². The van der Waals surface area contributed by atoms with E-state index in [-0.39, 0.29) is 5.97 Å². The van der Waals surface area contributed by atoms with Crippen molar-refractivity contribution < 1.29 is 9.53 Å². The van der Waals surface area contributed by atoms with E-state index in [1.807, 2.05) is 18.2 Å². The zero-order chi connectivity index (χ0) is 12.3. The standard InChI is InChI=1S/C13H18N2O2/c1-14-6-8-15(9-7-14)12-5-3-4-11(10-12)13(16)17-2/h3-5,10H,6-9H2,1-2H3. The molecule has 2 rings (SSSR count). The van der Waals surface area contributed by atoms with E-state index < -0.39 is 0 Å². The summed E-state index contributed by atoms with van der Waals surface area (Å²) in [6.45, 7) is 4.12. The molecule has 1 aliphatic heterocycles. The van der Waals surface area contributed by atoms with Crippen LogP contribution in [0.3, 0.4) is 0 Å². The fourth-order valence-corrected chi connectivity index (χ4v) is 2.01. The Kier molecular flexibility index (Phi) is 3.64. The number of likely N-dealkylation sites (N-methyl/N-ethyl adjacent to an activating group) is 1. The summed E-state index contributed by atoms with van der Waals surface area (Å²) in [6, 6.07) is 7.63. The fourth-order valence-electron chi connectivity index (χ4n) is 2.01. The summed E-state index contributed by atoms with van der Waals surface area (Å²) >= 11 is 0. The molecule has 0 aliphatic carbocycles. The van der Waals surface area contributed by atoms with Gasteiger partial charge >= 0.3 is 5.97 Å². The highest BCUT2D eigenvalue weighted by Crippen LogP contribution is 2.18. The van der Waals surface area contributed by atoms with Gasteiger partial charge in [0, 0.05) is 31.9 Å². The Bertz CT molecular complexity index is 398. The van der Waals surface area contributed by atoms with Gasteiger partial charge in [-0.3, -0.25) is 0 Å². The number of nitrogens with zero attached hydrogens (tertiary/aromatic N) is 2. The van der Waals surface area contributed by atoms with Gasteiger partial charge in [0.1, 0.15) is 0 Å². The van der Waals surface area contributed by atoms with E-state index >= 15 is 0 Å². The van der Waals surface area contributed by atoms with Crippen molar-refractivity contribution in [3.05, 3.63) is 29.8 Å². The zero-order valence-corrected chi connectivity index (χ0v) is 10.3. The quantitative estimate of drug-likeness (QED) is 0.720. The number of hydrogen-bond acceptors (Lipinski definition) is 4. The summed E-state index contributed by atoms with van der Waals surface area (Å²) in [5.41, 5.74) is 1.71. The first-order chi connectivity index (χ1) is 8.20. The molecule has 0 atom stereocenters. The fraction of sp³-hybridized carbons (Fsp3) is 0.462. The van der Waals surface area contributed by atoms with Crippen molar-refractivity contribution in [2.24, 2.45) is 0 Å². The number of hydrogen-bond donors (Lipinski definition) is 0. The SMILES string of the molecule is COC(=O)c1cccc(N2CCN(C)CC2)c1. The Morgan fingerprint density at radius 1 is 1.24 bits per heavy atom. The maximum atomic E-state index is 11.5. The molecule has 1 saturated heterocycles. The molecule has 1 heterocycles. The molecule has 1 aromatic carbocycles. The lowest BCUT2D eigenvalue weighted by molar-refractivity contribution is 0.0601. The molecule has 92 valence electrons. The van der Waals surface area contributed by atoms with Crippen molar-refractivity contribution in [3.63, 3.8) is 0 Å². The lowest BCUT2D eigenvalue weighted by Gasteiger charge is -2.34. The Labute approximate surface area is 102 Å². The molecule has 0 bridgehead atoms. The van der Waals surface area contributed by atoms with Crippen LogP contribution in [0.4, 0.5) is 5.69 Å². The van der Waals surface area contributed by atoms with Gasteiger partial charge in [0.05, 0.1) is 12.7 Å². The number of methoxy groups -OCH3 is 1. The number of piperazine rings is 1. The van der Waals surface area contributed by atoms with Crippen LogP contribution in [0.2, 0.25) is 0 Å². The van der Waals surface area contributed by atoms with Crippen LogP contribution in [-0.4, -0.2) is 51.2 Å². The lowest BCUT2D eigenvalue weighted by atomic mass is 10.1. The summed E-state index contributed by atoms with van der Waals surface area (Å²) in [5.74, 6) is -0.277.